The number of rotatable bonds is 4. The second-order valence-electron chi connectivity index (χ2n) is 4.52. The van der Waals surface area contributed by atoms with Crippen LogP contribution in [0.1, 0.15) is 29.9 Å². The standard InChI is InChI=1S/C15H17N3O2/c1-4-18-10-16-9-14(18)15(20)12-5-7-13(8-6-12)17(3)11(2)19/h5-10H,4H2,1-3H3. The molecule has 0 aliphatic heterocycles. The molecule has 20 heavy (non-hydrogen) atoms. The Morgan fingerprint density at radius 1 is 1.25 bits per heavy atom. The molecule has 2 aromatic rings. The van der Waals surface area contributed by atoms with Crippen molar-refractivity contribution in [3.05, 3.63) is 48.0 Å². The van der Waals surface area contributed by atoms with Gasteiger partial charge in [-0.3, -0.25) is 9.59 Å². The van der Waals surface area contributed by atoms with Gasteiger partial charge in [0, 0.05) is 31.8 Å². The molecule has 1 heterocycles. The number of hydrogen-bond donors (Lipinski definition) is 0. The van der Waals surface area contributed by atoms with Crippen molar-refractivity contribution in [1.82, 2.24) is 9.55 Å². The van der Waals surface area contributed by atoms with E-state index in [0.29, 0.717) is 17.8 Å². The minimum Gasteiger partial charge on any atom is -0.328 e. The highest BCUT2D eigenvalue weighted by atomic mass is 16.2. The highest BCUT2D eigenvalue weighted by Gasteiger charge is 2.14. The van der Waals surface area contributed by atoms with Crippen LogP contribution in [0.3, 0.4) is 0 Å². The molecule has 0 bridgehead atoms. The molecular formula is C15H17N3O2. The monoisotopic (exact) mass is 271 g/mol. The first kappa shape index (κ1) is 14.0. The quantitative estimate of drug-likeness (QED) is 0.800. The van der Waals surface area contributed by atoms with Crippen molar-refractivity contribution in [3.63, 3.8) is 0 Å². The Morgan fingerprint density at radius 3 is 2.45 bits per heavy atom. The molecule has 0 aliphatic rings. The number of nitrogens with zero attached hydrogens (tertiary/aromatic N) is 3. The molecular weight excluding hydrogens is 254 g/mol. The van der Waals surface area contributed by atoms with Gasteiger partial charge in [0.05, 0.1) is 12.5 Å². The van der Waals surface area contributed by atoms with Gasteiger partial charge in [-0.1, -0.05) is 0 Å². The number of carbonyl (C=O) groups excluding carboxylic acids is 2. The summed E-state index contributed by atoms with van der Waals surface area (Å²) in [6.07, 6.45) is 3.21. The Morgan fingerprint density at radius 2 is 1.90 bits per heavy atom. The number of amides is 1. The summed E-state index contributed by atoms with van der Waals surface area (Å²) in [6, 6.07) is 6.98. The van der Waals surface area contributed by atoms with E-state index >= 15 is 0 Å². The van der Waals surface area contributed by atoms with E-state index in [4.69, 9.17) is 0 Å². The molecule has 0 aliphatic carbocycles. The van der Waals surface area contributed by atoms with E-state index in [1.165, 1.54) is 11.8 Å². The molecule has 1 amide bonds. The largest absolute Gasteiger partial charge is 0.328 e. The molecule has 0 spiro atoms. The lowest BCUT2D eigenvalue weighted by Crippen LogP contribution is -2.22. The Balaban J connectivity index is 2.26. The minimum absolute atomic E-state index is 0.0480. The molecule has 0 N–H and O–H groups in total. The van der Waals surface area contributed by atoms with Crippen LogP contribution in [0.25, 0.3) is 0 Å². The van der Waals surface area contributed by atoms with Crippen LogP contribution in [-0.2, 0) is 11.3 Å². The zero-order chi connectivity index (χ0) is 14.7. The van der Waals surface area contributed by atoms with Gasteiger partial charge < -0.3 is 9.47 Å². The molecule has 1 aromatic carbocycles. The molecule has 2 rings (SSSR count). The van der Waals surface area contributed by atoms with Crippen LogP contribution in [0.2, 0.25) is 0 Å². The fourth-order valence-corrected chi connectivity index (χ4v) is 1.93. The topological polar surface area (TPSA) is 55.2 Å². The normalized spacial score (nSPS) is 10.3. The molecule has 0 saturated heterocycles. The van der Waals surface area contributed by atoms with Crippen molar-refractivity contribution in [1.29, 1.82) is 0 Å². The van der Waals surface area contributed by atoms with Gasteiger partial charge in [0.15, 0.2) is 0 Å². The van der Waals surface area contributed by atoms with Crippen molar-refractivity contribution in [2.45, 2.75) is 20.4 Å². The smallest absolute Gasteiger partial charge is 0.223 e. The maximum Gasteiger partial charge on any atom is 0.223 e. The number of ketones is 1. The summed E-state index contributed by atoms with van der Waals surface area (Å²) in [5.41, 5.74) is 1.92. The maximum atomic E-state index is 12.4. The van der Waals surface area contributed by atoms with Crippen molar-refractivity contribution >= 4 is 17.4 Å². The second-order valence-corrected chi connectivity index (χ2v) is 4.52. The summed E-state index contributed by atoms with van der Waals surface area (Å²) >= 11 is 0. The van der Waals surface area contributed by atoms with Crippen LogP contribution >= 0.6 is 0 Å². The lowest BCUT2D eigenvalue weighted by molar-refractivity contribution is -0.116. The van der Waals surface area contributed by atoms with E-state index in [1.54, 1.807) is 48.4 Å². The van der Waals surface area contributed by atoms with E-state index in [0.717, 1.165) is 5.69 Å². The Labute approximate surface area is 117 Å². The molecule has 0 atom stereocenters. The molecule has 0 saturated carbocycles. The van der Waals surface area contributed by atoms with E-state index < -0.39 is 0 Å². The number of benzene rings is 1. The zero-order valence-corrected chi connectivity index (χ0v) is 11.8. The fourth-order valence-electron chi connectivity index (χ4n) is 1.93. The highest BCUT2D eigenvalue weighted by molar-refractivity contribution is 6.08. The minimum atomic E-state index is -0.0682. The first-order chi connectivity index (χ1) is 9.54. The predicted octanol–water partition coefficient (Wildman–Crippen LogP) is 2.12. The Hall–Kier alpha value is -2.43. The number of hydrogen-bond acceptors (Lipinski definition) is 3. The van der Waals surface area contributed by atoms with Crippen molar-refractivity contribution in [2.75, 3.05) is 11.9 Å². The van der Waals surface area contributed by atoms with Crippen molar-refractivity contribution in [2.24, 2.45) is 0 Å². The highest BCUT2D eigenvalue weighted by Crippen LogP contribution is 2.16. The molecule has 0 fully saturated rings. The van der Waals surface area contributed by atoms with Gasteiger partial charge in [0.2, 0.25) is 11.7 Å². The van der Waals surface area contributed by atoms with Crippen molar-refractivity contribution in [3.8, 4) is 0 Å². The zero-order valence-electron chi connectivity index (χ0n) is 11.8. The number of carbonyl (C=O) groups is 2. The summed E-state index contributed by atoms with van der Waals surface area (Å²) in [6.45, 7) is 4.16. The third-order valence-electron chi connectivity index (χ3n) is 3.27. The molecule has 1 aromatic heterocycles. The fraction of sp³-hybridized carbons (Fsp3) is 0.267. The number of aryl methyl sites for hydroxylation is 1. The third-order valence-corrected chi connectivity index (χ3v) is 3.27. The predicted molar refractivity (Wildman–Crippen MR) is 76.9 cm³/mol. The number of aromatic nitrogens is 2. The average Bonchev–Trinajstić information content (AvgIpc) is 2.94. The van der Waals surface area contributed by atoms with E-state index in [9.17, 15) is 9.59 Å². The lowest BCUT2D eigenvalue weighted by Gasteiger charge is -2.15. The van der Waals surface area contributed by atoms with Gasteiger partial charge in [-0.25, -0.2) is 4.98 Å². The lowest BCUT2D eigenvalue weighted by atomic mass is 10.1. The Bertz CT molecular complexity index is 629. The van der Waals surface area contributed by atoms with Gasteiger partial charge in [-0.2, -0.15) is 0 Å². The Kier molecular flexibility index (Phi) is 3.98. The third kappa shape index (κ3) is 2.61. The average molecular weight is 271 g/mol. The second kappa shape index (κ2) is 5.69. The van der Waals surface area contributed by atoms with Gasteiger partial charge in [0.1, 0.15) is 5.69 Å². The van der Waals surface area contributed by atoms with Crippen LogP contribution < -0.4 is 4.90 Å². The van der Waals surface area contributed by atoms with Crippen LogP contribution in [0.5, 0.6) is 0 Å². The van der Waals surface area contributed by atoms with Gasteiger partial charge >= 0.3 is 0 Å². The van der Waals surface area contributed by atoms with E-state index in [1.807, 2.05) is 6.92 Å². The maximum absolute atomic E-state index is 12.4. The summed E-state index contributed by atoms with van der Waals surface area (Å²) in [4.78, 5) is 29.2. The van der Waals surface area contributed by atoms with Crippen LogP contribution in [0.4, 0.5) is 5.69 Å². The molecule has 5 nitrogen and oxygen atoms in total. The SMILES string of the molecule is CCn1cncc1C(=O)c1ccc(N(C)C(C)=O)cc1. The van der Waals surface area contributed by atoms with Gasteiger partial charge in [-0.15, -0.1) is 0 Å². The molecule has 5 heteroatoms. The van der Waals surface area contributed by atoms with E-state index in [-0.39, 0.29) is 11.7 Å². The molecule has 0 unspecified atom stereocenters. The van der Waals surface area contributed by atoms with Crippen LogP contribution in [-0.4, -0.2) is 28.3 Å². The summed E-state index contributed by atoms with van der Waals surface area (Å²) in [5, 5.41) is 0. The van der Waals surface area contributed by atoms with E-state index in [2.05, 4.69) is 4.98 Å². The van der Waals surface area contributed by atoms with Crippen LogP contribution in [0, 0.1) is 0 Å². The number of imidazole rings is 1. The van der Waals surface area contributed by atoms with Gasteiger partial charge in [0.25, 0.3) is 0 Å². The first-order valence-electron chi connectivity index (χ1n) is 6.43. The van der Waals surface area contributed by atoms with Crippen molar-refractivity contribution < 1.29 is 9.59 Å². The summed E-state index contributed by atoms with van der Waals surface area (Å²) in [5.74, 6) is -0.116. The summed E-state index contributed by atoms with van der Waals surface area (Å²) < 4.78 is 1.80. The first-order valence-corrected chi connectivity index (χ1v) is 6.43. The van der Waals surface area contributed by atoms with Crippen LogP contribution in [0.15, 0.2) is 36.8 Å². The molecule has 0 radical (unpaired) electrons. The molecule has 104 valence electrons. The van der Waals surface area contributed by atoms with Gasteiger partial charge in [-0.05, 0) is 31.2 Å². The summed E-state index contributed by atoms with van der Waals surface area (Å²) in [7, 11) is 1.70. The number of anilines is 1.